The largest absolute Gasteiger partial charge is 0.456 e. The summed E-state index contributed by atoms with van der Waals surface area (Å²) >= 11 is 0. The number of rotatable bonds is 4. The maximum atomic E-state index is 13.8. The molecular formula is C20H14F4N2O3. The number of amides is 1. The highest BCUT2D eigenvalue weighted by atomic mass is 19.4. The van der Waals surface area contributed by atoms with E-state index in [4.69, 9.17) is 4.74 Å². The Bertz CT molecular complexity index is 1120. The molecule has 29 heavy (non-hydrogen) atoms. The molecule has 3 rings (SSSR count). The number of benzene rings is 2. The van der Waals surface area contributed by atoms with Gasteiger partial charge in [-0.2, -0.15) is 13.2 Å². The molecule has 0 bridgehead atoms. The number of aromatic amines is 1. The van der Waals surface area contributed by atoms with Gasteiger partial charge in [0.2, 0.25) is 5.56 Å². The molecule has 0 atom stereocenters. The van der Waals surface area contributed by atoms with Crippen LogP contribution >= 0.6 is 0 Å². The molecule has 0 unspecified atom stereocenters. The number of H-pyrrole nitrogens is 1. The Morgan fingerprint density at radius 2 is 1.83 bits per heavy atom. The first kappa shape index (κ1) is 20.1. The molecular weight excluding hydrogens is 392 g/mol. The van der Waals surface area contributed by atoms with E-state index >= 15 is 0 Å². The molecule has 0 spiro atoms. The predicted octanol–water partition coefficient (Wildman–Crippen LogP) is 4.89. The van der Waals surface area contributed by atoms with Gasteiger partial charge in [0.25, 0.3) is 5.91 Å². The zero-order chi connectivity index (χ0) is 21.2. The second-order valence-corrected chi connectivity index (χ2v) is 6.12. The summed E-state index contributed by atoms with van der Waals surface area (Å²) in [6, 6.07) is 8.63. The fourth-order valence-corrected chi connectivity index (χ4v) is 2.46. The van der Waals surface area contributed by atoms with Crippen molar-refractivity contribution in [1.29, 1.82) is 0 Å². The molecule has 3 aromatic rings. The summed E-state index contributed by atoms with van der Waals surface area (Å²) in [6.45, 7) is 1.52. The number of carbonyl (C=O) groups excluding carboxylic acids is 1. The summed E-state index contributed by atoms with van der Waals surface area (Å²) in [4.78, 5) is 26.3. The van der Waals surface area contributed by atoms with Crippen LogP contribution in [0.4, 0.5) is 23.2 Å². The highest BCUT2D eigenvalue weighted by Crippen LogP contribution is 2.35. The predicted molar refractivity (Wildman–Crippen MR) is 97.7 cm³/mol. The molecule has 0 saturated heterocycles. The number of aromatic nitrogens is 1. The third kappa shape index (κ3) is 4.81. The van der Waals surface area contributed by atoms with Gasteiger partial charge in [-0.15, -0.1) is 0 Å². The number of pyridine rings is 1. The topological polar surface area (TPSA) is 71.2 Å². The van der Waals surface area contributed by atoms with E-state index in [1.54, 1.807) is 0 Å². The minimum Gasteiger partial charge on any atom is -0.456 e. The van der Waals surface area contributed by atoms with Crippen LogP contribution in [0.3, 0.4) is 0 Å². The SMILES string of the molecule is Cc1ccc(Oc2cc(C(F)(F)F)ccc2C(=O)Nc2cc[nH]c(=O)c2)cc1F. The van der Waals surface area contributed by atoms with Crippen molar-refractivity contribution < 1.29 is 27.1 Å². The Morgan fingerprint density at radius 3 is 2.48 bits per heavy atom. The van der Waals surface area contributed by atoms with Crippen molar-refractivity contribution in [3.63, 3.8) is 0 Å². The van der Waals surface area contributed by atoms with Gasteiger partial charge in [0.1, 0.15) is 17.3 Å². The van der Waals surface area contributed by atoms with Crippen molar-refractivity contribution >= 4 is 11.6 Å². The number of alkyl halides is 3. The van der Waals surface area contributed by atoms with Crippen LogP contribution in [0.1, 0.15) is 21.5 Å². The maximum absolute atomic E-state index is 13.8. The van der Waals surface area contributed by atoms with Crippen LogP contribution in [-0.4, -0.2) is 10.9 Å². The van der Waals surface area contributed by atoms with Crippen LogP contribution in [0.15, 0.2) is 59.5 Å². The van der Waals surface area contributed by atoms with Crippen molar-refractivity contribution in [3.05, 3.63) is 87.6 Å². The van der Waals surface area contributed by atoms with E-state index in [0.29, 0.717) is 11.6 Å². The molecule has 2 N–H and O–H groups in total. The van der Waals surface area contributed by atoms with Gasteiger partial charge >= 0.3 is 6.18 Å². The van der Waals surface area contributed by atoms with E-state index in [2.05, 4.69) is 10.3 Å². The van der Waals surface area contributed by atoms with E-state index < -0.39 is 34.8 Å². The second kappa shape index (κ2) is 7.78. The number of halogens is 4. The van der Waals surface area contributed by atoms with Gasteiger partial charge in [0.05, 0.1) is 11.1 Å². The molecule has 0 radical (unpaired) electrons. The number of carbonyl (C=O) groups is 1. The van der Waals surface area contributed by atoms with Crippen molar-refractivity contribution in [2.24, 2.45) is 0 Å². The van der Waals surface area contributed by atoms with Crippen LogP contribution in [0.5, 0.6) is 11.5 Å². The van der Waals surface area contributed by atoms with Crippen LogP contribution in [-0.2, 0) is 6.18 Å². The van der Waals surface area contributed by atoms with Gasteiger partial charge in [0, 0.05) is 24.0 Å². The van der Waals surface area contributed by atoms with Crippen molar-refractivity contribution in [2.75, 3.05) is 5.32 Å². The van der Waals surface area contributed by atoms with Crippen molar-refractivity contribution in [1.82, 2.24) is 4.98 Å². The lowest BCUT2D eigenvalue weighted by Crippen LogP contribution is -2.16. The number of nitrogens with one attached hydrogen (secondary N) is 2. The lowest BCUT2D eigenvalue weighted by Gasteiger charge is -2.15. The fourth-order valence-electron chi connectivity index (χ4n) is 2.46. The molecule has 5 nitrogen and oxygen atoms in total. The quantitative estimate of drug-likeness (QED) is 0.607. The second-order valence-electron chi connectivity index (χ2n) is 6.12. The smallest absolute Gasteiger partial charge is 0.416 e. The zero-order valence-corrected chi connectivity index (χ0v) is 14.9. The summed E-state index contributed by atoms with van der Waals surface area (Å²) in [5.74, 6) is -1.89. The number of ether oxygens (including phenoxy) is 1. The van der Waals surface area contributed by atoms with Gasteiger partial charge in [-0.25, -0.2) is 4.39 Å². The lowest BCUT2D eigenvalue weighted by atomic mass is 10.1. The molecule has 0 saturated carbocycles. The molecule has 0 aliphatic rings. The van der Waals surface area contributed by atoms with Gasteiger partial charge in [0.15, 0.2) is 0 Å². The Morgan fingerprint density at radius 1 is 1.07 bits per heavy atom. The third-order valence-electron chi connectivity index (χ3n) is 3.96. The van der Waals surface area contributed by atoms with Gasteiger partial charge < -0.3 is 15.0 Å². The van der Waals surface area contributed by atoms with Crippen LogP contribution in [0.25, 0.3) is 0 Å². The average molecular weight is 406 g/mol. The highest BCUT2D eigenvalue weighted by Gasteiger charge is 2.32. The van der Waals surface area contributed by atoms with Crippen LogP contribution in [0.2, 0.25) is 0 Å². The number of hydrogen-bond donors (Lipinski definition) is 2. The Balaban J connectivity index is 1.99. The molecule has 1 aromatic heterocycles. The van der Waals surface area contributed by atoms with Gasteiger partial charge in [-0.3, -0.25) is 9.59 Å². The first-order chi connectivity index (χ1) is 13.6. The molecule has 9 heteroatoms. The molecule has 0 fully saturated rings. The van der Waals surface area contributed by atoms with E-state index in [-0.39, 0.29) is 17.0 Å². The minimum atomic E-state index is -4.67. The first-order valence-corrected chi connectivity index (χ1v) is 8.29. The molecule has 1 heterocycles. The molecule has 0 aliphatic carbocycles. The lowest BCUT2D eigenvalue weighted by molar-refractivity contribution is -0.137. The Labute approximate surface area is 162 Å². The van der Waals surface area contributed by atoms with E-state index in [1.807, 2.05) is 0 Å². The zero-order valence-electron chi connectivity index (χ0n) is 14.9. The van der Waals surface area contributed by atoms with Crippen molar-refractivity contribution in [3.8, 4) is 11.5 Å². The molecule has 1 amide bonds. The van der Waals surface area contributed by atoms with E-state index in [1.165, 1.54) is 31.3 Å². The minimum absolute atomic E-state index is 0.0716. The number of hydrogen-bond acceptors (Lipinski definition) is 3. The number of anilines is 1. The van der Waals surface area contributed by atoms with Gasteiger partial charge in [-0.05, 0) is 42.8 Å². The third-order valence-corrected chi connectivity index (χ3v) is 3.96. The summed E-state index contributed by atoms with van der Waals surface area (Å²) in [5, 5.41) is 2.41. The summed E-state index contributed by atoms with van der Waals surface area (Å²) in [7, 11) is 0. The molecule has 150 valence electrons. The summed E-state index contributed by atoms with van der Waals surface area (Å²) in [5.41, 5.74) is -1.26. The normalized spacial score (nSPS) is 11.2. The maximum Gasteiger partial charge on any atom is 0.416 e. The Kier molecular flexibility index (Phi) is 5.40. The monoisotopic (exact) mass is 406 g/mol. The summed E-state index contributed by atoms with van der Waals surface area (Å²) < 4.78 is 58.4. The van der Waals surface area contributed by atoms with Crippen molar-refractivity contribution in [2.45, 2.75) is 13.1 Å². The first-order valence-electron chi connectivity index (χ1n) is 8.29. The van der Waals surface area contributed by atoms with Crippen LogP contribution < -0.4 is 15.6 Å². The van der Waals surface area contributed by atoms with Crippen LogP contribution in [0, 0.1) is 12.7 Å². The van der Waals surface area contributed by atoms with E-state index in [0.717, 1.165) is 24.3 Å². The highest BCUT2D eigenvalue weighted by molar-refractivity contribution is 6.06. The summed E-state index contributed by atoms with van der Waals surface area (Å²) in [6.07, 6.45) is -3.37. The Hall–Kier alpha value is -3.62. The van der Waals surface area contributed by atoms with E-state index in [9.17, 15) is 27.2 Å². The average Bonchev–Trinajstić information content (AvgIpc) is 2.64. The standard InChI is InChI=1S/C20H14F4N2O3/c1-11-2-4-14(10-16(11)21)29-17-8-12(20(22,23)24)3-5-15(17)19(28)26-13-6-7-25-18(27)9-13/h2-10H,1H3,(H2,25,26,27,28). The fraction of sp³-hybridized carbons (Fsp3) is 0.100. The van der Waals surface area contributed by atoms with Gasteiger partial charge in [-0.1, -0.05) is 6.07 Å². The molecule has 0 aliphatic heterocycles. The number of aryl methyl sites for hydroxylation is 1. The molecule has 2 aromatic carbocycles.